The molecule has 30 heavy (non-hydrogen) atoms. The topological polar surface area (TPSA) is 103 Å². The third-order valence-corrected chi connectivity index (χ3v) is 5.09. The molecule has 0 atom stereocenters. The number of benzene rings is 2. The van der Waals surface area contributed by atoms with Gasteiger partial charge in [-0.3, -0.25) is 9.78 Å². The van der Waals surface area contributed by atoms with Gasteiger partial charge in [0.1, 0.15) is 24.0 Å². The Morgan fingerprint density at radius 3 is 2.83 bits per heavy atom. The number of hydrogen-bond acceptors (Lipinski definition) is 6. The Bertz CT molecular complexity index is 1200. The van der Waals surface area contributed by atoms with Crippen molar-refractivity contribution in [2.45, 2.75) is 0 Å². The Hall–Kier alpha value is -2.97. The van der Waals surface area contributed by atoms with Crippen LogP contribution in [0.2, 0.25) is 0 Å². The van der Waals surface area contributed by atoms with E-state index in [-0.39, 0.29) is 17.2 Å². The number of hydrogen-bond donors (Lipinski definition) is 2. The summed E-state index contributed by atoms with van der Waals surface area (Å²) >= 11 is 5.64. The minimum absolute atomic E-state index is 0.0580. The van der Waals surface area contributed by atoms with Gasteiger partial charge < -0.3 is 4.74 Å². The summed E-state index contributed by atoms with van der Waals surface area (Å²) in [5, 5.41) is 13.5. The molecule has 1 heterocycles. The molecule has 9 heteroatoms. The molecule has 7 nitrogen and oxygen atoms in total. The van der Waals surface area contributed by atoms with Gasteiger partial charge in [0.2, 0.25) is 5.95 Å². The highest BCUT2D eigenvalue weighted by atomic mass is 127. The maximum atomic E-state index is 12.3. The number of ether oxygens (including phenoxy) is 1. The fourth-order valence-corrected chi connectivity index (χ4v) is 4.27. The summed E-state index contributed by atoms with van der Waals surface area (Å²) in [7, 11) is 0. The summed E-state index contributed by atoms with van der Waals surface area (Å²) in [5.74, 6) is 0.780. The van der Waals surface area contributed by atoms with Crippen molar-refractivity contribution in [3.63, 3.8) is 0 Å². The molecule has 0 saturated heterocycles. The van der Waals surface area contributed by atoms with E-state index in [0.29, 0.717) is 17.9 Å². The average molecular weight is 576 g/mol. The van der Waals surface area contributed by atoms with Crippen molar-refractivity contribution in [1.29, 1.82) is 5.26 Å². The zero-order valence-electron chi connectivity index (χ0n) is 15.5. The van der Waals surface area contributed by atoms with Crippen molar-refractivity contribution in [1.82, 2.24) is 9.97 Å². The first-order valence-electron chi connectivity index (χ1n) is 8.65. The van der Waals surface area contributed by atoms with Crippen LogP contribution in [0.25, 0.3) is 11.3 Å². The lowest BCUT2D eigenvalue weighted by Crippen LogP contribution is -2.16. The molecule has 0 amide bonds. The molecule has 0 spiro atoms. The number of nitrogens with one attached hydrogen (secondary N) is 2. The normalized spacial score (nSPS) is 10.6. The van der Waals surface area contributed by atoms with Crippen LogP contribution in [0, 0.1) is 14.9 Å². The predicted molar refractivity (Wildman–Crippen MR) is 129 cm³/mol. The summed E-state index contributed by atoms with van der Waals surface area (Å²) < 4.78 is 7.50. The number of aromatic nitrogens is 2. The van der Waals surface area contributed by atoms with Gasteiger partial charge in [0.05, 0.1) is 15.5 Å². The highest BCUT2D eigenvalue weighted by Gasteiger charge is 2.13. The highest BCUT2D eigenvalue weighted by Crippen LogP contribution is 2.29. The fraction of sp³-hybridized carbons (Fsp3) is 0.0476. The third kappa shape index (κ3) is 5.14. The van der Waals surface area contributed by atoms with E-state index >= 15 is 0 Å². The quantitative estimate of drug-likeness (QED) is 0.184. The van der Waals surface area contributed by atoms with Crippen LogP contribution in [0.3, 0.4) is 0 Å². The molecule has 0 radical (unpaired) electrons. The summed E-state index contributed by atoms with van der Waals surface area (Å²) in [6, 6.07) is 14.7. The summed E-state index contributed by atoms with van der Waals surface area (Å²) in [6.45, 7) is 4.02. The number of nitrogens with zero attached hydrogens (tertiary/aromatic N) is 3. The zero-order chi connectivity index (χ0) is 21.5. The van der Waals surface area contributed by atoms with E-state index in [4.69, 9.17) is 4.74 Å². The van der Waals surface area contributed by atoms with Crippen LogP contribution in [-0.4, -0.2) is 22.8 Å². The van der Waals surface area contributed by atoms with E-state index in [9.17, 15) is 10.1 Å². The summed E-state index contributed by atoms with van der Waals surface area (Å²) in [6.07, 6.45) is 3.22. The Balaban J connectivity index is 1.93. The first-order chi connectivity index (χ1) is 14.5. The molecule has 0 saturated carbocycles. The predicted octanol–water partition coefficient (Wildman–Crippen LogP) is 4.69. The average Bonchev–Trinajstić information content (AvgIpc) is 2.73. The lowest BCUT2D eigenvalue weighted by Gasteiger charge is -2.10. The Labute approximate surface area is 194 Å². The zero-order valence-corrected chi connectivity index (χ0v) is 19.3. The number of rotatable bonds is 7. The van der Waals surface area contributed by atoms with Gasteiger partial charge in [-0.25, -0.2) is 10.4 Å². The van der Waals surface area contributed by atoms with Crippen LogP contribution >= 0.6 is 38.5 Å². The number of halogens is 2. The van der Waals surface area contributed by atoms with E-state index < -0.39 is 5.56 Å². The van der Waals surface area contributed by atoms with Crippen molar-refractivity contribution in [3.8, 4) is 23.1 Å². The van der Waals surface area contributed by atoms with Gasteiger partial charge in [-0.05, 0) is 34.7 Å². The lowest BCUT2D eigenvalue weighted by molar-refractivity contribution is 0.360. The molecule has 0 bridgehead atoms. The minimum Gasteiger partial charge on any atom is -0.488 e. The van der Waals surface area contributed by atoms with Gasteiger partial charge in [-0.2, -0.15) is 10.4 Å². The molecule has 0 aliphatic rings. The SMILES string of the molecule is C=CCOc1c(I)cc(Br)cc1C=NNc1nc(-c2ccccc2)c(C#N)c(=O)[nH]1. The van der Waals surface area contributed by atoms with Crippen LogP contribution in [0.4, 0.5) is 5.95 Å². The van der Waals surface area contributed by atoms with Gasteiger partial charge in [-0.1, -0.05) is 58.9 Å². The standard InChI is InChI=1S/C21H15BrIN5O2/c1-2-8-30-19-14(9-15(22)10-17(19)23)12-25-28-21-26-18(13-6-4-3-5-7-13)16(11-24)20(29)27-21/h2-7,9-10,12H,1,8H2,(H2,26,27,28,29). The minimum atomic E-state index is -0.545. The van der Waals surface area contributed by atoms with Crippen molar-refractivity contribution >= 4 is 50.7 Å². The van der Waals surface area contributed by atoms with Gasteiger partial charge >= 0.3 is 0 Å². The fourth-order valence-electron chi connectivity index (χ4n) is 2.57. The number of hydrazone groups is 1. The van der Waals surface area contributed by atoms with Gasteiger partial charge in [-0.15, -0.1) is 0 Å². The number of aromatic amines is 1. The highest BCUT2D eigenvalue weighted by molar-refractivity contribution is 14.1. The molecule has 0 aliphatic heterocycles. The van der Waals surface area contributed by atoms with Crippen LogP contribution in [0.5, 0.6) is 5.75 Å². The molecule has 0 fully saturated rings. The lowest BCUT2D eigenvalue weighted by atomic mass is 10.1. The molecule has 1 aromatic heterocycles. The number of anilines is 1. The Morgan fingerprint density at radius 2 is 2.13 bits per heavy atom. The molecule has 0 aliphatic carbocycles. The second-order valence-electron chi connectivity index (χ2n) is 5.89. The Kier molecular flexibility index (Phi) is 7.37. The molecule has 3 rings (SSSR count). The molecular formula is C21H15BrIN5O2. The monoisotopic (exact) mass is 575 g/mol. The van der Waals surface area contributed by atoms with E-state index in [1.54, 1.807) is 24.4 Å². The van der Waals surface area contributed by atoms with Crippen molar-refractivity contribution in [2.75, 3.05) is 12.0 Å². The van der Waals surface area contributed by atoms with E-state index in [0.717, 1.165) is 13.6 Å². The van der Waals surface area contributed by atoms with Crippen LogP contribution < -0.4 is 15.7 Å². The van der Waals surface area contributed by atoms with Crippen molar-refractivity contribution < 1.29 is 4.74 Å². The second-order valence-corrected chi connectivity index (χ2v) is 7.97. The number of nitriles is 1. The molecular weight excluding hydrogens is 561 g/mol. The van der Waals surface area contributed by atoms with Crippen LogP contribution in [0.1, 0.15) is 11.1 Å². The first-order valence-corrected chi connectivity index (χ1v) is 10.5. The van der Waals surface area contributed by atoms with Crippen molar-refractivity contribution in [2.24, 2.45) is 5.10 Å². The van der Waals surface area contributed by atoms with Gasteiger partial charge in [0.25, 0.3) is 5.56 Å². The molecule has 150 valence electrons. The van der Waals surface area contributed by atoms with E-state index in [1.165, 1.54) is 0 Å². The van der Waals surface area contributed by atoms with Crippen LogP contribution in [0.15, 0.2) is 69.5 Å². The maximum Gasteiger partial charge on any atom is 0.270 e. The van der Waals surface area contributed by atoms with E-state index in [1.807, 2.05) is 36.4 Å². The number of H-pyrrole nitrogens is 1. The molecule has 2 N–H and O–H groups in total. The molecule has 3 aromatic rings. The third-order valence-electron chi connectivity index (χ3n) is 3.84. The summed E-state index contributed by atoms with van der Waals surface area (Å²) in [4.78, 5) is 19.2. The largest absolute Gasteiger partial charge is 0.488 e. The first kappa shape index (κ1) is 21.7. The molecule has 0 unspecified atom stereocenters. The van der Waals surface area contributed by atoms with Gasteiger partial charge in [0, 0.05) is 15.6 Å². The maximum absolute atomic E-state index is 12.3. The Morgan fingerprint density at radius 1 is 1.37 bits per heavy atom. The second kappa shape index (κ2) is 10.2. The van der Waals surface area contributed by atoms with E-state index in [2.05, 4.69) is 65.6 Å². The molecule has 2 aromatic carbocycles. The van der Waals surface area contributed by atoms with Crippen LogP contribution in [-0.2, 0) is 0 Å². The summed E-state index contributed by atoms with van der Waals surface area (Å²) in [5.41, 5.74) is 3.78. The smallest absolute Gasteiger partial charge is 0.270 e. The van der Waals surface area contributed by atoms with Gasteiger partial charge in [0.15, 0.2) is 0 Å². The van der Waals surface area contributed by atoms with Crippen molar-refractivity contribution in [3.05, 3.63) is 84.6 Å².